The standard InChI is InChI=1S/C23H20O4/c1-16-11-17(7-9-21(16)27-20-5-3-2-4-6-20)12-19(24)13-18-8-10-22-23(14-18)26-15-25-22/h2-11,14H,12-13,15H2,1H3. The molecule has 0 aromatic heterocycles. The van der Waals surface area contributed by atoms with Crippen LogP contribution in [0, 0.1) is 6.92 Å². The number of ether oxygens (including phenoxy) is 3. The van der Waals surface area contributed by atoms with Gasteiger partial charge in [0.15, 0.2) is 11.5 Å². The van der Waals surface area contributed by atoms with Gasteiger partial charge in [0.1, 0.15) is 17.3 Å². The lowest BCUT2D eigenvalue weighted by molar-refractivity contribution is -0.117. The van der Waals surface area contributed by atoms with Crippen molar-refractivity contribution in [3.8, 4) is 23.0 Å². The molecule has 0 amide bonds. The van der Waals surface area contributed by atoms with Crippen LogP contribution < -0.4 is 14.2 Å². The Morgan fingerprint density at radius 3 is 2.37 bits per heavy atom. The van der Waals surface area contributed by atoms with E-state index in [2.05, 4.69) is 0 Å². The highest BCUT2D eigenvalue weighted by Crippen LogP contribution is 2.32. The maximum Gasteiger partial charge on any atom is 0.231 e. The molecule has 0 saturated heterocycles. The summed E-state index contributed by atoms with van der Waals surface area (Å²) in [5.74, 6) is 3.19. The van der Waals surface area contributed by atoms with E-state index in [1.165, 1.54) is 0 Å². The maximum atomic E-state index is 12.5. The van der Waals surface area contributed by atoms with Crippen LogP contribution in [0.1, 0.15) is 16.7 Å². The molecule has 4 nitrogen and oxygen atoms in total. The Balaban J connectivity index is 1.40. The zero-order valence-electron chi connectivity index (χ0n) is 15.1. The highest BCUT2D eigenvalue weighted by Gasteiger charge is 2.15. The number of fused-ring (bicyclic) bond motifs is 1. The molecule has 1 aliphatic heterocycles. The molecule has 0 N–H and O–H groups in total. The van der Waals surface area contributed by atoms with Crippen LogP contribution in [0.2, 0.25) is 0 Å². The number of aryl methyl sites for hydroxylation is 1. The molecule has 0 fully saturated rings. The van der Waals surface area contributed by atoms with E-state index in [4.69, 9.17) is 14.2 Å². The molecular formula is C23H20O4. The predicted octanol–water partition coefficient (Wildman–Crippen LogP) is 4.87. The third-order valence-corrected chi connectivity index (χ3v) is 4.45. The first-order valence-electron chi connectivity index (χ1n) is 8.90. The van der Waals surface area contributed by atoms with E-state index in [0.717, 1.165) is 33.9 Å². The minimum Gasteiger partial charge on any atom is -0.457 e. The van der Waals surface area contributed by atoms with Crippen molar-refractivity contribution in [1.82, 2.24) is 0 Å². The molecule has 0 aliphatic carbocycles. The van der Waals surface area contributed by atoms with Crippen LogP contribution in [0.4, 0.5) is 0 Å². The highest BCUT2D eigenvalue weighted by molar-refractivity contribution is 5.83. The zero-order valence-corrected chi connectivity index (χ0v) is 15.1. The number of rotatable bonds is 6. The second-order valence-electron chi connectivity index (χ2n) is 6.59. The van der Waals surface area contributed by atoms with Crippen molar-refractivity contribution in [3.05, 3.63) is 83.4 Å². The molecular weight excluding hydrogens is 340 g/mol. The molecule has 3 aromatic carbocycles. The Labute approximate surface area is 158 Å². The fraction of sp³-hybridized carbons (Fsp3) is 0.174. The monoisotopic (exact) mass is 360 g/mol. The number of carbonyl (C=O) groups excluding carboxylic acids is 1. The van der Waals surface area contributed by atoms with Gasteiger partial charge < -0.3 is 14.2 Å². The SMILES string of the molecule is Cc1cc(CC(=O)Cc2ccc3c(c2)OCO3)ccc1Oc1ccccc1. The number of benzene rings is 3. The van der Waals surface area contributed by atoms with Crippen molar-refractivity contribution in [1.29, 1.82) is 0 Å². The van der Waals surface area contributed by atoms with E-state index in [-0.39, 0.29) is 12.6 Å². The summed E-state index contributed by atoms with van der Waals surface area (Å²) in [6.45, 7) is 2.23. The van der Waals surface area contributed by atoms with Gasteiger partial charge in [-0.15, -0.1) is 0 Å². The second kappa shape index (κ2) is 7.54. The number of para-hydroxylation sites is 1. The van der Waals surface area contributed by atoms with Crippen LogP contribution in [0.25, 0.3) is 0 Å². The highest BCUT2D eigenvalue weighted by atomic mass is 16.7. The lowest BCUT2D eigenvalue weighted by Crippen LogP contribution is -2.07. The summed E-state index contributed by atoms with van der Waals surface area (Å²) in [4.78, 5) is 12.5. The molecule has 0 atom stereocenters. The Hall–Kier alpha value is -3.27. The van der Waals surface area contributed by atoms with Crippen molar-refractivity contribution in [2.45, 2.75) is 19.8 Å². The van der Waals surface area contributed by atoms with E-state index in [0.29, 0.717) is 18.6 Å². The van der Waals surface area contributed by atoms with Crippen molar-refractivity contribution >= 4 is 5.78 Å². The minimum atomic E-state index is 0.157. The average Bonchev–Trinajstić information content (AvgIpc) is 3.12. The number of carbonyl (C=O) groups is 1. The van der Waals surface area contributed by atoms with E-state index in [9.17, 15) is 4.79 Å². The number of Topliss-reactive ketones (excluding diaryl/α,β-unsaturated/α-hetero) is 1. The van der Waals surface area contributed by atoms with E-state index in [1.54, 1.807) is 0 Å². The van der Waals surface area contributed by atoms with Gasteiger partial charge in [0.2, 0.25) is 6.79 Å². The molecule has 0 bridgehead atoms. The van der Waals surface area contributed by atoms with Crippen molar-refractivity contribution in [2.75, 3.05) is 6.79 Å². The Bertz CT molecular complexity index is 963. The molecule has 3 aromatic rings. The third kappa shape index (κ3) is 4.11. The molecule has 27 heavy (non-hydrogen) atoms. The topological polar surface area (TPSA) is 44.8 Å². The first kappa shape index (κ1) is 17.2. The molecule has 1 aliphatic rings. The lowest BCUT2D eigenvalue weighted by Gasteiger charge is -2.10. The summed E-state index contributed by atoms with van der Waals surface area (Å²) in [5.41, 5.74) is 2.93. The molecule has 4 heteroatoms. The van der Waals surface area contributed by atoms with Gasteiger partial charge in [-0.1, -0.05) is 36.4 Å². The maximum absolute atomic E-state index is 12.5. The van der Waals surface area contributed by atoms with Crippen molar-refractivity contribution < 1.29 is 19.0 Å². The van der Waals surface area contributed by atoms with Gasteiger partial charge >= 0.3 is 0 Å². The minimum absolute atomic E-state index is 0.157. The Morgan fingerprint density at radius 1 is 0.889 bits per heavy atom. The Morgan fingerprint density at radius 2 is 1.59 bits per heavy atom. The first-order chi connectivity index (χ1) is 13.2. The zero-order chi connectivity index (χ0) is 18.6. The molecule has 0 saturated carbocycles. The Kier molecular flexibility index (Phi) is 4.79. The van der Waals surface area contributed by atoms with E-state index < -0.39 is 0 Å². The number of hydrogen-bond donors (Lipinski definition) is 0. The second-order valence-corrected chi connectivity index (χ2v) is 6.59. The normalized spacial score (nSPS) is 12.0. The predicted molar refractivity (Wildman–Crippen MR) is 103 cm³/mol. The van der Waals surface area contributed by atoms with E-state index >= 15 is 0 Å². The van der Waals surface area contributed by atoms with Crippen molar-refractivity contribution in [3.63, 3.8) is 0 Å². The molecule has 136 valence electrons. The number of hydrogen-bond acceptors (Lipinski definition) is 4. The van der Waals surface area contributed by atoms with Crippen LogP contribution >= 0.6 is 0 Å². The van der Waals surface area contributed by atoms with Gasteiger partial charge in [0, 0.05) is 12.8 Å². The summed E-state index contributed by atoms with van der Waals surface area (Å²) < 4.78 is 16.6. The molecule has 0 spiro atoms. The average molecular weight is 360 g/mol. The largest absolute Gasteiger partial charge is 0.457 e. The van der Waals surface area contributed by atoms with Gasteiger partial charge in [-0.05, 0) is 53.9 Å². The fourth-order valence-corrected chi connectivity index (χ4v) is 3.12. The van der Waals surface area contributed by atoms with Gasteiger partial charge in [-0.3, -0.25) is 4.79 Å². The van der Waals surface area contributed by atoms with Gasteiger partial charge in [0.25, 0.3) is 0 Å². The smallest absolute Gasteiger partial charge is 0.231 e. The van der Waals surface area contributed by atoms with Crippen LogP contribution in [-0.2, 0) is 17.6 Å². The van der Waals surface area contributed by atoms with Crippen LogP contribution in [0.3, 0.4) is 0 Å². The summed E-state index contributed by atoms with van der Waals surface area (Å²) in [7, 11) is 0. The molecule has 0 unspecified atom stereocenters. The first-order valence-corrected chi connectivity index (χ1v) is 8.90. The molecule has 0 radical (unpaired) electrons. The molecule has 4 rings (SSSR count). The van der Waals surface area contributed by atoms with Crippen molar-refractivity contribution in [2.24, 2.45) is 0 Å². The van der Waals surface area contributed by atoms with Gasteiger partial charge in [-0.2, -0.15) is 0 Å². The summed E-state index contributed by atoms with van der Waals surface area (Å²) in [6, 6.07) is 21.2. The summed E-state index contributed by atoms with van der Waals surface area (Å²) in [6.07, 6.45) is 0.763. The third-order valence-electron chi connectivity index (χ3n) is 4.45. The number of ketones is 1. The fourth-order valence-electron chi connectivity index (χ4n) is 3.12. The van der Waals surface area contributed by atoms with Crippen LogP contribution in [-0.4, -0.2) is 12.6 Å². The summed E-state index contributed by atoms with van der Waals surface area (Å²) >= 11 is 0. The van der Waals surface area contributed by atoms with E-state index in [1.807, 2.05) is 73.7 Å². The van der Waals surface area contributed by atoms with Crippen LogP contribution in [0.5, 0.6) is 23.0 Å². The quantitative estimate of drug-likeness (QED) is 0.629. The van der Waals surface area contributed by atoms with Gasteiger partial charge in [0.05, 0.1) is 0 Å². The van der Waals surface area contributed by atoms with Crippen LogP contribution in [0.15, 0.2) is 66.7 Å². The lowest BCUT2D eigenvalue weighted by atomic mass is 10.0. The molecule has 1 heterocycles. The van der Waals surface area contributed by atoms with Gasteiger partial charge in [-0.25, -0.2) is 0 Å². The summed E-state index contributed by atoms with van der Waals surface area (Å²) in [5, 5.41) is 0.